The molecule has 0 unspecified atom stereocenters. The van der Waals surface area contributed by atoms with E-state index in [1.165, 1.54) is 11.8 Å². The minimum Gasteiger partial charge on any atom is -0.394 e. The fraction of sp³-hybridized carbons (Fsp3) is 0.500. The molecule has 2 N–H and O–H groups in total. The van der Waals surface area contributed by atoms with Crippen LogP contribution in [0, 0.1) is 0 Å². The second-order valence-corrected chi connectivity index (χ2v) is 6.82. The Morgan fingerprint density at radius 1 is 1.38 bits per heavy atom. The highest BCUT2D eigenvalue weighted by atomic mass is 35.5. The largest absolute Gasteiger partial charge is 0.394 e. The number of ether oxygens (including phenoxy) is 1. The normalized spacial score (nSPS) is 17.5. The molecule has 1 fully saturated rings. The summed E-state index contributed by atoms with van der Waals surface area (Å²) in [5, 5.41) is 13.6. The van der Waals surface area contributed by atoms with Crippen LogP contribution in [0.5, 0.6) is 0 Å². The molecule has 0 bridgehead atoms. The minimum absolute atomic E-state index is 0.0787. The molecule has 1 saturated heterocycles. The first kappa shape index (κ1) is 16.9. The van der Waals surface area contributed by atoms with Crippen LogP contribution in [0.3, 0.4) is 0 Å². The Kier molecular flexibility index (Phi) is 6.20. The maximum absolute atomic E-state index is 12.1. The summed E-state index contributed by atoms with van der Waals surface area (Å²) in [4.78, 5) is 12.9. The number of hydrogen-bond acceptors (Lipinski definition) is 4. The lowest BCUT2D eigenvalue weighted by atomic mass is 9.91. The third-order valence-corrected chi connectivity index (χ3v) is 5.14. The molecule has 0 aliphatic carbocycles. The third kappa shape index (κ3) is 4.76. The summed E-state index contributed by atoms with van der Waals surface area (Å²) in [6.45, 7) is 1.02. The van der Waals surface area contributed by atoms with E-state index in [1.807, 2.05) is 0 Å². The lowest BCUT2D eigenvalue weighted by Gasteiger charge is -2.36. The van der Waals surface area contributed by atoms with Crippen LogP contribution in [0.1, 0.15) is 12.8 Å². The zero-order valence-corrected chi connectivity index (χ0v) is 13.7. The fourth-order valence-corrected chi connectivity index (χ4v) is 3.44. The summed E-state index contributed by atoms with van der Waals surface area (Å²) < 4.78 is 5.27. The zero-order chi connectivity index (χ0) is 15.3. The van der Waals surface area contributed by atoms with Crippen LogP contribution >= 0.6 is 35.0 Å². The van der Waals surface area contributed by atoms with Gasteiger partial charge in [-0.2, -0.15) is 0 Å². The molecule has 1 aromatic carbocycles. The monoisotopic (exact) mass is 349 g/mol. The number of amides is 1. The number of aliphatic hydroxyl groups is 1. The highest BCUT2D eigenvalue weighted by molar-refractivity contribution is 8.00. The average molecular weight is 350 g/mol. The van der Waals surface area contributed by atoms with Crippen LogP contribution in [0.25, 0.3) is 0 Å². The molecular weight excluding hydrogens is 333 g/mol. The van der Waals surface area contributed by atoms with Crippen LogP contribution in [0.15, 0.2) is 23.1 Å². The molecule has 1 heterocycles. The van der Waals surface area contributed by atoms with Crippen LogP contribution in [0.2, 0.25) is 10.0 Å². The van der Waals surface area contributed by atoms with Crippen molar-refractivity contribution in [2.45, 2.75) is 23.3 Å². The second kappa shape index (κ2) is 7.70. The smallest absolute Gasteiger partial charge is 0.230 e. The van der Waals surface area contributed by atoms with E-state index in [2.05, 4.69) is 5.32 Å². The molecule has 0 radical (unpaired) electrons. The predicted octanol–water partition coefficient (Wildman–Crippen LogP) is 2.74. The number of thioether (sulfide) groups is 1. The van der Waals surface area contributed by atoms with E-state index in [0.29, 0.717) is 36.1 Å². The SMILES string of the molecule is O=C(CSc1cc(Cl)ccc1Cl)NC1(CO)CCOCC1. The summed E-state index contributed by atoms with van der Waals surface area (Å²) in [5.41, 5.74) is -0.561. The standard InChI is InChI=1S/C14H17Cl2NO3S/c15-10-1-2-11(16)12(7-10)21-8-13(19)17-14(9-18)3-5-20-6-4-14/h1-2,7,18H,3-6,8-9H2,(H,17,19). The average Bonchev–Trinajstić information content (AvgIpc) is 2.49. The molecule has 1 aliphatic rings. The number of rotatable bonds is 5. The molecule has 0 aromatic heterocycles. The van der Waals surface area contributed by atoms with Crippen molar-refractivity contribution < 1.29 is 14.6 Å². The Morgan fingerprint density at radius 2 is 2.10 bits per heavy atom. The third-order valence-electron chi connectivity index (χ3n) is 3.41. The van der Waals surface area contributed by atoms with Crippen molar-refractivity contribution in [2.75, 3.05) is 25.6 Å². The Bertz CT molecular complexity index is 507. The second-order valence-electron chi connectivity index (χ2n) is 4.96. The van der Waals surface area contributed by atoms with Gasteiger partial charge in [0, 0.05) is 23.1 Å². The van der Waals surface area contributed by atoms with Gasteiger partial charge in [0.1, 0.15) is 0 Å². The molecular formula is C14H17Cl2NO3S. The van der Waals surface area contributed by atoms with Crippen molar-refractivity contribution in [1.29, 1.82) is 0 Å². The van der Waals surface area contributed by atoms with Gasteiger partial charge in [0.2, 0.25) is 5.91 Å². The van der Waals surface area contributed by atoms with E-state index < -0.39 is 5.54 Å². The van der Waals surface area contributed by atoms with Crippen LogP contribution in [-0.4, -0.2) is 42.1 Å². The van der Waals surface area contributed by atoms with Crippen molar-refractivity contribution in [3.63, 3.8) is 0 Å². The highest BCUT2D eigenvalue weighted by Crippen LogP contribution is 2.30. The Balaban J connectivity index is 1.91. The van der Waals surface area contributed by atoms with Gasteiger partial charge in [0.15, 0.2) is 0 Å². The fourth-order valence-electron chi connectivity index (χ4n) is 2.15. The number of hydrogen-bond donors (Lipinski definition) is 2. The molecule has 0 saturated carbocycles. The van der Waals surface area contributed by atoms with Crippen LogP contribution in [0.4, 0.5) is 0 Å². The zero-order valence-electron chi connectivity index (χ0n) is 11.4. The van der Waals surface area contributed by atoms with Gasteiger partial charge >= 0.3 is 0 Å². The first-order chi connectivity index (χ1) is 10.0. The maximum Gasteiger partial charge on any atom is 0.230 e. The van der Waals surface area contributed by atoms with Gasteiger partial charge in [-0.1, -0.05) is 23.2 Å². The number of halogens is 2. The molecule has 7 heteroatoms. The Hall–Kier alpha value is -0.460. The molecule has 0 spiro atoms. The van der Waals surface area contributed by atoms with E-state index in [-0.39, 0.29) is 18.3 Å². The van der Waals surface area contributed by atoms with Gasteiger partial charge in [0.05, 0.1) is 22.9 Å². The van der Waals surface area contributed by atoms with E-state index in [9.17, 15) is 9.90 Å². The first-order valence-corrected chi connectivity index (χ1v) is 8.36. The summed E-state index contributed by atoms with van der Waals surface area (Å²) in [5.74, 6) is 0.0925. The van der Waals surface area contributed by atoms with Crippen LogP contribution in [-0.2, 0) is 9.53 Å². The molecule has 1 aliphatic heterocycles. The summed E-state index contributed by atoms with van der Waals surface area (Å²) in [6.07, 6.45) is 1.25. The van der Waals surface area contributed by atoms with Crippen molar-refractivity contribution in [2.24, 2.45) is 0 Å². The summed E-state index contributed by atoms with van der Waals surface area (Å²) in [7, 11) is 0. The van der Waals surface area contributed by atoms with Gasteiger partial charge < -0.3 is 15.2 Å². The topological polar surface area (TPSA) is 58.6 Å². The quantitative estimate of drug-likeness (QED) is 0.802. The first-order valence-electron chi connectivity index (χ1n) is 6.62. The van der Waals surface area contributed by atoms with Crippen molar-refractivity contribution in [1.82, 2.24) is 5.32 Å². The van der Waals surface area contributed by atoms with Gasteiger partial charge in [-0.05, 0) is 31.0 Å². The lowest BCUT2D eigenvalue weighted by molar-refractivity contribution is -0.122. The number of carbonyl (C=O) groups is 1. The molecule has 0 atom stereocenters. The van der Waals surface area contributed by atoms with Gasteiger partial charge in [-0.25, -0.2) is 0 Å². The Morgan fingerprint density at radius 3 is 2.76 bits per heavy atom. The number of nitrogens with one attached hydrogen (secondary N) is 1. The maximum atomic E-state index is 12.1. The van der Waals surface area contributed by atoms with Crippen molar-refractivity contribution in [3.05, 3.63) is 28.2 Å². The van der Waals surface area contributed by atoms with Gasteiger partial charge in [0.25, 0.3) is 0 Å². The number of carbonyl (C=O) groups excluding carboxylic acids is 1. The molecule has 21 heavy (non-hydrogen) atoms. The Labute approximate surface area is 138 Å². The lowest BCUT2D eigenvalue weighted by Crippen LogP contribution is -2.55. The van der Waals surface area contributed by atoms with Crippen molar-refractivity contribution >= 4 is 40.9 Å². The van der Waals surface area contributed by atoms with Crippen molar-refractivity contribution in [3.8, 4) is 0 Å². The van der Waals surface area contributed by atoms with E-state index in [4.69, 9.17) is 27.9 Å². The molecule has 2 rings (SSSR count). The molecule has 4 nitrogen and oxygen atoms in total. The van der Waals surface area contributed by atoms with E-state index in [0.717, 1.165) is 4.90 Å². The molecule has 1 aromatic rings. The number of aliphatic hydroxyl groups excluding tert-OH is 1. The summed E-state index contributed by atoms with van der Waals surface area (Å²) >= 11 is 13.3. The summed E-state index contributed by atoms with van der Waals surface area (Å²) in [6, 6.07) is 5.15. The van der Waals surface area contributed by atoms with E-state index >= 15 is 0 Å². The molecule has 116 valence electrons. The predicted molar refractivity (Wildman–Crippen MR) is 85.2 cm³/mol. The number of benzene rings is 1. The van der Waals surface area contributed by atoms with Gasteiger partial charge in [-0.3, -0.25) is 4.79 Å². The van der Waals surface area contributed by atoms with Gasteiger partial charge in [-0.15, -0.1) is 11.8 Å². The molecule has 1 amide bonds. The minimum atomic E-state index is -0.561. The van der Waals surface area contributed by atoms with E-state index in [1.54, 1.807) is 18.2 Å². The van der Waals surface area contributed by atoms with Crippen LogP contribution < -0.4 is 5.32 Å². The highest BCUT2D eigenvalue weighted by Gasteiger charge is 2.33.